The summed E-state index contributed by atoms with van der Waals surface area (Å²) < 4.78 is 0. The van der Waals surface area contributed by atoms with Crippen molar-refractivity contribution in [1.29, 1.82) is 0 Å². The Morgan fingerprint density at radius 2 is 1.56 bits per heavy atom. The van der Waals surface area contributed by atoms with E-state index in [1.807, 2.05) is 39.8 Å². The van der Waals surface area contributed by atoms with Crippen LogP contribution < -0.4 is 5.32 Å². The normalized spacial score (nSPS) is 9.25. The fourth-order valence-corrected chi connectivity index (χ4v) is 0.750. The molecule has 0 unspecified atom stereocenters. The molecule has 1 amide bonds. The fraction of sp³-hybridized carbons (Fsp3) is 0.500. The lowest BCUT2D eigenvalue weighted by molar-refractivity contribution is -0.120. The maximum Gasteiger partial charge on any atom is 0.219 e. The largest absolute Gasteiger partial charge is 0.352 e. The van der Waals surface area contributed by atoms with Gasteiger partial charge in [0.25, 0.3) is 0 Å². The number of nitrogens with one attached hydrogen (secondary N) is 1. The van der Waals surface area contributed by atoms with Crippen molar-refractivity contribution in [3.8, 4) is 0 Å². The van der Waals surface area contributed by atoms with Crippen LogP contribution in [0.1, 0.15) is 40.5 Å². The molecule has 0 aromatic carbocycles. The van der Waals surface area contributed by atoms with Crippen LogP contribution in [0.15, 0.2) is 36.5 Å². The van der Waals surface area contributed by atoms with Crippen LogP contribution in [0.25, 0.3) is 0 Å². The molecule has 0 aliphatic rings. The number of carbonyl (C=O) groups excluding carboxylic acids is 1. The van der Waals surface area contributed by atoms with E-state index in [4.69, 9.17) is 0 Å². The molecule has 0 heterocycles. The van der Waals surface area contributed by atoms with Crippen molar-refractivity contribution in [2.24, 2.45) is 0 Å². The van der Waals surface area contributed by atoms with Gasteiger partial charge < -0.3 is 5.32 Å². The first-order chi connectivity index (χ1) is 7.60. The molecule has 0 aromatic rings. The smallest absolute Gasteiger partial charge is 0.219 e. The van der Waals surface area contributed by atoms with E-state index < -0.39 is 0 Å². The van der Waals surface area contributed by atoms with Crippen molar-refractivity contribution in [1.82, 2.24) is 5.32 Å². The van der Waals surface area contributed by atoms with Crippen LogP contribution in [0, 0.1) is 0 Å². The SMILES string of the molecule is C=C(/C=C\C(=C)CNC(=O)CC)CC.CC. The van der Waals surface area contributed by atoms with Crippen molar-refractivity contribution in [2.45, 2.75) is 40.5 Å². The summed E-state index contributed by atoms with van der Waals surface area (Å²) >= 11 is 0. The topological polar surface area (TPSA) is 29.1 Å². The molecule has 16 heavy (non-hydrogen) atoms. The van der Waals surface area contributed by atoms with Gasteiger partial charge in [-0.2, -0.15) is 0 Å². The van der Waals surface area contributed by atoms with Crippen LogP contribution in [-0.2, 0) is 4.79 Å². The highest BCUT2D eigenvalue weighted by Crippen LogP contribution is 2.00. The summed E-state index contributed by atoms with van der Waals surface area (Å²) in [5, 5.41) is 2.75. The van der Waals surface area contributed by atoms with Crippen molar-refractivity contribution in [3.05, 3.63) is 36.5 Å². The van der Waals surface area contributed by atoms with E-state index in [1.54, 1.807) is 0 Å². The Morgan fingerprint density at radius 1 is 1.06 bits per heavy atom. The third-order valence-electron chi connectivity index (χ3n) is 1.84. The zero-order valence-electron chi connectivity index (χ0n) is 11.1. The summed E-state index contributed by atoms with van der Waals surface area (Å²) in [7, 11) is 0. The van der Waals surface area contributed by atoms with Gasteiger partial charge in [0, 0.05) is 13.0 Å². The molecule has 0 aliphatic heterocycles. The molecule has 0 saturated heterocycles. The lowest BCUT2D eigenvalue weighted by Gasteiger charge is -2.02. The maximum absolute atomic E-state index is 10.9. The Balaban J connectivity index is 0. The Hall–Kier alpha value is -1.31. The van der Waals surface area contributed by atoms with E-state index in [2.05, 4.69) is 18.5 Å². The van der Waals surface area contributed by atoms with Gasteiger partial charge in [-0.3, -0.25) is 4.79 Å². The Kier molecular flexibility index (Phi) is 12.6. The first-order valence-electron chi connectivity index (χ1n) is 5.90. The number of hydrogen-bond donors (Lipinski definition) is 1. The fourth-order valence-electron chi connectivity index (χ4n) is 0.750. The molecule has 0 radical (unpaired) electrons. The minimum Gasteiger partial charge on any atom is -0.352 e. The molecule has 1 N–H and O–H groups in total. The second kappa shape index (κ2) is 11.8. The number of amides is 1. The van der Waals surface area contributed by atoms with Crippen LogP contribution >= 0.6 is 0 Å². The highest BCUT2D eigenvalue weighted by molar-refractivity contribution is 5.75. The summed E-state index contributed by atoms with van der Waals surface area (Å²) in [5.74, 6) is 0.0499. The average Bonchev–Trinajstić information content (AvgIpc) is 2.35. The monoisotopic (exact) mass is 223 g/mol. The number of allylic oxidation sites excluding steroid dienone is 2. The third-order valence-corrected chi connectivity index (χ3v) is 1.84. The molecule has 0 rings (SSSR count). The minimum atomic E-state index is 0.0499. The highest BCUT2D eigenvalue weighted by Gasteiger charge is 1.95. The maximum atomic E-state index is 10.9. The predicted octanol–water partition coefficient (Wildman–Crippen LogP) is 3.62. The van der Waals surface area contributed by atoms with Crippen molar-refractivity contribution in [3.63, 3.8) is 0 Å². The van der Waals surface area contributed by atoms with Gasteiger partial charge in [0.2, 0.25) is 5.91 Å². The second-order valence-electron chi connectivity index (χ2n) is 3.13. The van der Waals surface area contributed by atoms with E-state index in [0.29, 0.717) is 13.0 Å². The van der Waals surface area contributed by atoms with Gasteiger partial charge in [-0.15, -0.1) is 0 Å². The van der Waals surface area contributed by atoms with Crippen LogP contribution in [0.5, 0.6) is 0 Å². The van der Waals surface area contributed by atoms with Crippen molar-refractivity contribution in [2.75, 3.05) is 6.54 Å². The zero-order valence-corrected chi connectivity index (χ0v) is 11.1. The summed E-state index contributed by atoms with van der Waals surface area (Å²) in [6.45, 7) is 16.1. The molecule has 2 heteroatoms. The molecule has 92 valence electrons. The van der Waals surface area contributed by atoms with Gasteiger partial charge in [0.05, 0.1) is 0 Å². The molecular formula is C14H25NO. The molecule has 0 fully saturated rings. The zero-order chi connectivity index (χ0) is 13.0. The molecule has 0 spiro atoms. The molecule has 2 nitrogen and oxygen atoms in total. The first-order valence-corrected chi connectivity index (χ1v) is 5.90. The standard InChI is InChI=1S/C12H19NO.C2H6/c1-5-10(3)7-8-11(4)9-13-12(14)6-2;1-2/h7-8H,3-6,9H2,1-2H3,(H,13,14);1-2H3/b8-7-;. The van der Waals surface area contributed by atoms with Crippen LogP contribution in [0.3, 0.4) is 0 Å². The molecular weight excluding hydrogens is 198 g/mol. The quantitative estimate of drug-likeness (QED) is 0.685. The highest BCUT2D eigenvalue weighted by atomic mass is 16.1. The van der Waals surface area contributed by atoms with E-state index in [-0.39, 0.29) is 5.91 Å². The number of hydrogen-bond acceptors (Lipinski definition) is 1. The van der Waals surface area contributed by atoms with Gasteiger partial charge in [0.1, 0.15) is 0 Å². The van der Waals surface area contributed by atoms with E-state index >= 15 is 0 Å². The van der Waals surface area contributed by atoms with E-state index in [0.717, 1.165) is 17.6 Å². The Labute approximate surface area is 100 Å². The third kappa shape index (κ3) is 10.8. The van der Waals surface area contributed by atoms with Gasteiger partial charge >= 0.3 is 0 Å². The summed E-state index contributed by atoms with van der Waals surface area (Å²) in [6.07, 6.45) is 5.27. The van der Waals surface area contributed by atoms with Gasteiger partial charge in [-0.1, -0.05) is 58.6 Å². The molecule has 0 atom stereocenters. The summed E-state index contributed by atoms with van der Waals surface area (Å²) in [5.41, 5.74) is 1.95. The first kappa shape index (κ1) is 17.1. The minimum absolute atomic E-state index is 0.0499. The molecule has 0 aliphatic carbocycles. The number of rotatable bonds is 6. The van der Waals surface area contributed by atoms with Gasteiger partial charge in [-0.05, 0) is 12.0 Å². The Bertz CT molecular complexity index is 251. The van der Waals surface area contributed by atoms with E-state index in [9.17, 15) is 4.79 Å². The Morgan fingerprint density at radius 3 is 2.00 bits per heavy atom. The molecule has 0 aromatic heterocycles. The number of carbonyl (C=O) groups is 1. The average molecular weight is 223 g/mol. The summed E-state index contributed by atoms with van der Waals surface area (Å²) in [4.78, 5) is 10.9. The second-order valence-corrected chi connectivity index (χ2v) is 3.13. The van der Waals surface area contributed by atoms with Crippen molar-refractivity contribution < 1.29 is 4.79 Å². The summed E-state index contributed by atoms with van der Waals surface area (Å²) in [6, 6.07) is 0. The molecule has 0 saturated carbocycles. The van der Waals surface area contributed by atoms with Gasteiger partial charge in [-0.25, -0.2) is 0 Å². The molecule has 0 bridgehead atoms. The van der Waals surface area contributed by atoms with Crippen LogP contribution in [0.2, 0.25) is 0 Å². The lowest BCUT2D eigenvalue weighted by atomic mass is 10.2. The van der Waals surface area contributed by atoms with Gasteiger partial charge in [0.15, 0.2) is 0 Å². The lowest BCUT2D eigenvalue weighted by Crippen LogP contribution is -2.23. The van der Waals surface area contributed by atoms with Crippen molar-refractivity contribution >= 4 is 5.91 Å². The van der Waals surface area contributed by atoms with Crippen LogP contribution in [-0.4, -0.2) is 12.5 Å². The van der Waals surface area contributed by atoms with E-state index in [1.165, 1.54) is 0 Å². The predicted molar refractivity (Wildman–Crippen MR) is 72.4 cm³/mol. The van der Waals surface area contributed by atoms with Crippen LogP contribution in [0.4, 0.5) is 0 Å².